The van der Waals surface area contributed by atoms with Crippen molar-refractivity contribution in [1.82, 2.24) is 9.78 Å². The predicted molar refractivity (Wildman–Crippen MR) is 64.8 cm³/mol. The fourth-order valence-electron chi connectivity index (χ4n) is 1.53. The van der Waals surface area contributed by atoms with Gasteiger partial charge in [-0.15, -0.1) is 0 Å². The van der Waals surface area contributed by atoms with Gasteiger partial charge in [-0.25, -0.2) is 4.68 Å². The lowest BCUT2D eigenvalue weighted by atomic mass is 10.2. The fourth-order valence-corrected chi connectivity index (χ4v) is 1.74. The van der Waals surface area contributed by atoms with Crippen LogP contribution < -0.4 is 11.3 Å². The van der Waals surface area contributed by atoms with Gasteiger partial charge in [0.05, 0.1) is 12.1 Å². The van der Waals surface area contributed by atoms with Gasteiger partial charge in [-0.1, -0.05) is 23.7 Å². The molecule has 0 atom stereocenters. The van der Waals surface area contributed by atoms with Crippen LogP contribution in [0.15, 0.2) is 29.1 Å². The van der Waals surface area contributed by atoms with Crippen molar-refractivity contribution in [2.45, 2.75) is 13.5 Å². The average molecular weight is 238 g/mol. The molecule has 16 heavy (non-hydrogen) atoms. The molecule has 0 radical (unpaired) electrons. The molecule has 1 aromatic heterocycles. The van der Waals surface area contributed by atoms with E-state index in [4.69, 9.17) is 17.3 Å². The van der Waals surface area contributed by atoms with Gasteiger partial charge in [-0.2, -0.15) is 0 Å². The van der Waals surface area contributed by atoms with E-state index in [0.717, 1.165) is 5.56 Å². The van der Waals surface area contributed by atoms with E-state index >= 15 is 0 Å². The summed E-state index contributed by atoms with van der Waals surface area (Å²) < 4.78 is 1.47. The lowest BCUT2D eigenvalue weighted by molar-refractivity contribution is 0.665. The van der Waals surface area contributed by atoms with Crippen LogP contribution in [0.3, 0.4) is 0 Å². The normalized spacial score (nSPS) is 10.6. The quantitative estimate of drug-likeness (QED) is 0.836. The summed E-state index contributed by atoms with van der Waals surface area (Å²) in [6, 6.07) is 7.37. The van der Waals surface area contributed by atoms with Gasteiger partial charge >= 0.3 is 0 Å². The van der Waals surface area contributed by atoms with Crippen LogP contribution in [0.4, 0.5) is 5.82 Å². The Morgan fingerprint density at radius 1 is 1.50 bits per heavy atom. The Bertz CT molecular complexity index is 571. The molecule has 5 heteroatoms. The van der Waals surface area contributed by atoms with Crippen LogP contribution in [0.1, 0.15) is 11.1 Å². The second kappa shape index (κ2) is 4.06. The van der Waals surface area contributed by atoms with Crippen LogP contribution in [0.5, 0.6) is 0 Å². The van der Waals surface area contributed by atoms with E-state index in [-0.39, 0.29) is 5.56 Å². The molecule has 0 aliphatic heterocycles. The van der Waals surface area contributed by atoms with Crippen molar-refractivity contribution in [2.24, 2.45) is 0 Å². The first-order chi connectivity index (χ1) is 7.58. The van der Waals surface area contributed by atoms with Crippen molar-refractivity contribution < 1.29 is 0 Å². The van der Waals surface area contributed by atoms with Crippen LogP contribution >= 0.6 is 11.6 Å². The second-order valence-corrected chi connectivity index (χ2v) is 4.11. The molecular weight excluding hydrogens is 226 g/mol. The number of anilines is 1. The summed E-state index contributed by atoms with van der Waals surface area (Å²) in [4.78, 5) is 11.7. The van der Waals surface area contributed by atoms with Gasteiger partial charge in [-0.3, -0.25) is 9.89 Å². The smallest absolute Gasteiger partial charge is 0.271 e. The lowest BCUT2D eigenvalue weighted by Gasteiger charge is -2.02. The molecule has 0 aliphatic carbocycles. The predicted octanol–water partition coefficient (Wildman–Crippen LogP) is 1.77. The Kier molecular flexibility index (Phi) is 2.75. The van der Waals surface area contributed by atoms with Crippen LogP contribution in [-0.2, 0) is 6.54 Å². The standard InChI is InChI=1S/C11H12ClN3O/c1-7-10(13)14-15(11(7)16)6-8-3-2-4-9(12)5-8/h2-5,14H,6,13H2,1H3. The average Bonchev–Trinajstić information content (AvgIpc) is 2.47. The fraction of sp³-hybridized carbons (Fsp3) is 0.182. The summed E-state index contributed by atoms with van der Waals surface area (Å²) >= 11 is 5.87. The van der Waals surface area contributed by atoms with Gasteiger partial charge in [0.25, 0.3) is 5.56 Å². The Morgan fingerprint density at radius 2 is 2.25 bits per heavy atom. The molecule has 3 N–H and O–H groups in total. The first-order valence-corrected chi connectivity index (χ1v) is 5.25. The van der Waals surface area contributed by atoms with Crippen LogP contribution in [-0.4, -0.2) is 9.78 Å². The summed E-state index contributed by atoms with van der Waals surface area (Å²) in [7, 11) is 0. The van der Waals surface area contributed by atoms with Gasteiger partial charge < -0.3 is 5.73 Å². The number of nitrogens with zero attached hydrogens (tertiary/aromatic N) is 1. The van der Waals surface area contributed by atoms with Crippen LogP contribution in [0.25, 0.3) is 0 Å². The molecular formula is C11H12ClN3O. The topological polar surface area (TPSA) is 63.8 Å². The largest absolute Gasteiger partial charge is 0.384 e. The minimum absolute atomic E-state index is 0.0996. The number of hydrogen-bond donors (Lipinski definition) is 2. The lowest BCUT2D eigenvalue weighted by Crippen LogP contribution is -2.18. The van der Waals surface area contributed by atoms with Gasteiger partial charge in [-0.05, 0) is 24.6 Å². The van der Waals surface area contributed by atoms with Crippen LogP contribution in [0, 0.1) is 6.92 Å². The van der Waals surface area contributed by atoms with Crippen molar-refractivity contribution in [3.8, 4) is 0 Å². The van der Waals surface area contributed by atoms with E-state index in [1.807, 2.05) is 18.2 Å². The third kappa shape index (κ3) is 1.97. The zero-order valence-corrected chi connectivity index (χ0v) is 9.58. The number of aromatic amines is 1. The van der Waals surface area contributed by atoms with E-state index in [0.29, 0.717) is 22.9 Å². The zero-order chi connectivity index (χ0) is 11.7. The van der Waals surface area contributed by atoms with Gasteiger partial charge in [0, 0.05) is 5.02 Å². The van der Waals surface area contributed by atoms with Gasteiger partial charge in [0.15, 0.2) is 0 Å². The maximum Gasteiger partial charge on any atom is 0.271 e. The van der Waals surface area contributed by atoms with E-state index in [9.17, 15) is 4.79 Å². The molecule has 0 amide bonds. The van der Waals surface area contributed by atoms with E-state index in [1.165, 1.54) is 4.68 Å². The van der Waals surface area contributed by atoms with E-state index < -0.39 is 0 Å². The minimum atomic E-state index is -0.0996. The first-order valence-electron chi connectivity index (χ1n) is 4.87. The number of nitrogens with two attached hydrogens (primary N) is 1. The highest BCUT2D eigenvalue weighted by Gasteiger charge is 2.07. The van der Waals surface area contributed by atoms with Crippen molar-refractivity contribution >= 4 is 17.4 Å². The molecule has 2 rings (SSSR count). The number of nitrogens with one attached hydrogen (secondary N) is 1. The van der Waals surface area contributed by atoms with E-state index in [1.54, 1.807) is 13.0 Å². The summed E-state index contributed by atoms with van der Waals surface area (Å²) in [5.74, 6) is 0.409. The maximum atomic E-state index is 11.7. The highest BCUT2D eigenvalue weighted by molar-refractivity contribution is 6.30. The monoisotopic (exact) mass is 237 g/mol. The number of benzene rings is 1. The Labute approximate surface area is 97.6 Å². The Balaban J connectivity index is 2.34. The van der Waals surface area contributed by atoms with E-state index in [2.05, 4.69) is 5.10 Å². The molecule has 0 bridgehead atoms. The number of rotatable bonds is 2. The molecule has 0 aliphatic rings. The maximum absolute atomic E-state index is 11.7. The van der Waals surface area contributed by atoms with Crippen molar-refractivity contribution in [3.05, 3.63) is 50.8 Å². The van der Waals surface area contributed by atoms with Gasteiger partial charge in [0.1, 0.15) is 5.82 Å². The number of H-pyrrole nitrogens is 1. The molecule has 0 spiro atoms. The Morgan fingerprint density at radius 3 is 2.81 bits per heavy atom. The minimum Gasteiger partial charge on any atom is -0.384 e. The summed E-state index contributed by atoms with van der Waals surface area (Å²) in [6.45, 7) is 2.14. The number of hydrogen-bond acceptors (Lipinski definition) is 2. The first kappa shape index (κ1) is 10.8. The SMILES string of the molecule is Cc1c(N)[nH]n(Cc2cccc(Cl)c2)c1=O. The summed E-state index contributed by atoms with van der Waals surface area (Å²) in [6.07, 6.45) is 0. The number of aromatic nitrogens is 2. The highest BCUT2D eigenvalue weighted by Crippen LogP contribution is 2.11. The molecule has 1 aromatic carbocycles. The zero-order valence-electron chi connectivity index (χ0n) is 8.83. The molecule has 1 heterocycles. The van der Waals surface area contributed by atoms with Crippen LogP contribution in [0.2, 0.25) is 5.02 Å². The van der Waals surface area contributed by atoms with Crippen molar-refractivity contribution in [3.63, 3.8) is 0 Å². The van der Waals surface area contributed by atoms with Crippen molar-refractivity contribution in [2.75, 3.05) is 5.73 Å². The third-order valence-electron chi connectivity index (χ3n) is 2.46. The molecule has 2 aromatic rings. The second-order valence-electron chi connectivity index (χ2n) is 3.67. The summed E-state index contributed by atoms with van der Waals surface area (Å²) in [5.41, 5.74) is 7.02. The molecule has 0 unspecified atom stereocenters. The highest BCUT2D eigenvalue weighted by atomic mass is 35.5. The third-order valence-corrected chi connectivity index (χ3v) is 2.69. The molecule has 0 saturated heterocycles. The molecule has 84 valence electrons. The van der Waals surface area contributed by atoms with Gasteiger partial charge in [0.2, 0.25) is 0 Å². The van der Waals surface area contributed by atoms with Crippen molar-refractivity contribution in [1.29, 1.82) is 0 Å². The number of halogens is 1. The molecule has 0 saturated carbocycles. The number of nitrogen functional groups attached to an aromatic ring is 1. The molecule has 0 fully saturated rings. The Hall–Kier alpha value is -1.68. The summed E-state index contributed by atoms with van der Waals surface area (Å²) in [5, 5.41) is 3.47. The molecule has 4 nitrogen and oxygen atoms in total.